The Hall–Kier alpha value is -1.38. The number of carbonyl (C=O) groups is 1. The average Bonchev–Trinajstić information content (AvgIpc) is 2.70. The Labute approximate surface area is 116 Å². The Morgan fingerprint density at radius 2 is 2.16 bits per heavy atom. The Kier molecular flexibility index (Phi) is 5.52. The highest BCUT2D eigenvalue weighted by Crippen LogP contribution is 2.27. The lowest BCUT2D eigenvalue weighted by Crippen LogP contribution is -2.36. The van der Waals surface area contributed by atoms with Crippen molar-refractivity contribution in [3.63, 3.8) is 0 Å². The van der Waals surface area contributed by atoms with Crippen LogP contribution in [0.2, 0.25) is 0 Å². The number of nitrogens with zero attached hydrogens (tertiary/aromatic N) is 3. The maximum atomic E-state index is 12.2. The van der Waals surface area contributed by atoms with Gasteiger partial charge in [-0.1, -0.05) is 11.3 Å². The summed E-state index contributed by atoms with van der Waals surface area (Å²) in [6.45, 7) is 0.361. The van der Waals surface area contributed by atoms with Gasteiger partial charge < -0.3 is 25.4 Å². The van der Waals surface area contributed by atoms with E-state index >= 15 is 0 Å². The zero-order valence-electron chi connectivity index (χ0n) is 11.6. The summed E-state index contributed by atoms with van der Waals surface area (Å²) in [7, 11) is 6.77. The SMILES string of the molecule is COCC(O)CN(C)C(=O)c1sc(N(C)C)nc1N. The first-order valence-electron chi connectivity index (χ1n) is 5.72. The van der Waals surface area contributed by atoms with E-state index in [4.69, 9.17) is 10.5 Å². The van der Waals surface area contributed by atoms with Crippen LogP contribution in [0.3, 0.4) is 0 Å². The molecule has 0 aliphatic rings. The van der Waals surface area contributed by atoms with Crippen molar-refractivity contribution in [1.82, 2.24) is 9.88 Å². The number of rotatable bonds is 6. The summed E-state index contributed by atoms with van der Waals surface area (Å²) in [6, 6.07) is 0. The molecule has 1 aromatic rings. The van der Waals surface area contributed by atoms with Gasteiger partial charge >= 0.3 is 0 Å². The standard InChI is InChI=1S/C11H20N4O3S/c1-14(2)11-13-9(12)8(19-11)10(17)15(3)5-7(16)6-18-4/h7,16H,5-6,12H2,1-4H3. The van der Waals surface area contributed by atoms with Crippen molar-refractivity contribution in [1.29, 1.82) is 0 Å². The molecule has 0 aromatic carbocycles. The van der Waals surface area contributed by atoms with E-state index in [2.05, 4.69) is 4.98 Å². The summed E-state index contributed by atoms with van der Waals surface area (Å²) >= 11 is 1.23. The van der Waals surface area contributed by atoms with Gasteiger partial charge in [0.05, 0.1) is 12.7 Å². The number of thiazole rings is 1. The molecule has 0 spiro atoms. The topological polar surface area (TPSA) is 91.9 Å². The molecule has 1 rings (SSSR count). The molecule has 1 amide bonds. The first-order valence-corrected chi connectivity index (χ1v) is 6.54. The minimum atomic E-state index is -0.721. The fourth-order valence-electron chi connectivity index (χ4n) is 1.48. The van der Waals surface area contributed by atoms with E-state index in [0.717, 1.165) is 0 Å². The third-order valence-corrected chi connectivity index (χ3v) is 3.64. The monoisotopic (exact) mass is 288 g/mol. The number of nitrogen functional groups attached to an aromatic ring is 1. The lowest BCUT2D eigenvalue weighted by molar-refractivity contribution is 0.0382. The van der Waals surface area contributed by atoms with Crippen LogP contribution < -0.4 is 10.6 Å². The number of amides is 1. The van der Waals surface area contributed by atoms with E-state index in [1.54, 1.807) is 11.9 Å². The van der Waals surface area contributed by atoms with Gasteiger partial charge in [0.1, 0.15) is 10.7 Å². The normalized spacial score (nSPS) is 12.3. The number of aliphatic hydroxyl groups is 1. The minimum absolute atomic E-state index is 0.179. The maximum absolute atomic E-state index is 12.2. The number of aliphatic hydroxyl groups excluding tert-OH is 1. The maximum Gasteiger partial charge on any atom is 0.267 e. The number of hydrogen-bond donors (Lipinski definition) is 2. The van der Waals surface area contributed by atoms with Gasteiger partial charge in [0.2, 0.25) is 0 Å². The molecule has 3 N–H and O–H groups in total. The molecule has 1 atom stereocenters. The number of carbonyl (C=O) groups excluding carboxylic acids is 1. The van der Waals surface area contributed by atoms with Crippen LogP contribution in [0.15, 0.2) is 0 Å². The third-order valence-electron chi connectivity index (χ3n) is 2.41. The molecular weight excluding hydrogens is 268 g/mol. The lowest BCUT2D eigenvalue weighted by Gasteiger charge is -2.19. The van der Waals surface area contributed by atoms with E-state index in [-0.39, 0.29) is 24.9 Å². The van der Waals surface area contributed by atoms with Crippen molar-refractivity contribution in [2.75, 3.05) is 52.0 Å². The molecule has 8 heteroatoms. The van der Waals surface area contributed by atoms with Gasteiger partial charge in [-0.2, -0.15) is 0 Å². The summed E-state index contributed by atoms with van der Waals surface area (Å²) in [5.74, 6) is -0.0370. The molecule has 0 saturated heterocycles. The van der Waals surface area contributed by atoms with Crippen molar-refractivity contribution in [3.8, 4) is 0 Å². The van der Waals surface area contributed by atoms with Gasteiger partial charge in [-0.05, 0) is 0 Å². The second kappa shape index (κ2) is 6.69. The number of nitrogens with two attached hydrogens (primary N) is 1. The van der Waals surface area contributed by atoms with E-state index in [0.29, 0.717) is 10.0 Å². The zero-order valence-corrected chi connectivity index (χ0v) is 12.4. The highest BCUT2D eigenvalue weighted by Gasteiger charge is 2.22. The molecule has 1 unspecified atom stereocenters. The van der Waals surface area contributed by atoms with Crippen molar-refractivity contribution < 1.29 is 14.6 Å². The van der Waals surface area contributed by atoms with Crippen LogP contribution in [0.1, 0.15) is 9.67 Å². The van der Waals surface area contributed by atoms with Gasteiger partial charge in [-0.15, -0.1) is 0 Å². The zero-order chi connectivity index (χ0) is 14.6. The molecule has 19 heavy (non-hydrogen) atoms. The first kappa shape index (κ1) is 15.7. The number of anilines is 2. The van der Waals surface area contributed by atoms with Crippen LogP contribution in [0, 0.1) is 0 Å². The van der Waals surface area contributed by atoms with Gasteiger partial charge in [0.15, 0.2) is 5.13 Å². The largest absolute Gasteiger partial charge is 0.389 e. The lowest BCUT2D eigenvalue weighted by atomic mass is 10.3. The highest BCUT2D eigenvalue weighted by molar-refractivity contribution is 7.18. The number of methoxy groups -OCH3 is 1. The second-order valence-corrected chi connectivity index (χ2v) is 5.38. The predicted molar refractivity (Wildman–Crippen MR) is 75.7 cm³/mol. The van der Waals surface area contributed by atoms with Crippen LogP contribution in [-0.4, -0.2) is 68.4 Å². The number of aromatic nitrogens is 1. The smallest absolute Gasteiger partial charge is 0.267 e. The summed E-state index contributed by atoms with van der Waals surface area (Å²) in [4.78, 5) is 19.9. The third kappa shape index (κ3) is 4.05. The molecule has 0 saturated carbocycles. The van der Waals surface area contributed by atoms with Crippen LogP contribution in [0.5, 0.6) is 0 Å². The predicted octanol–water partition coefficient (Wildman–Crippen LogP) is -0.129. The summed E-state index contributed by atoms with van der Waals surface area (Å²) in [6.07, 6.45) is -0.721. The molecule has 0 aliphatic carbocycles. The Balaban J connectivity index is 2.76. The first-order chi connectivity index (χ1) is 8.86. The van der Waals surface area contributed by atoms with E-state index < -0.39 is 6.10 Å². The average molecular weight is 288 g/mol. The summed E-state index contributed by atoms with van der Waals surface area (Å²) in [5.41, 5.74) is 5.75. The van der Waals surface area contributed by atoms with Gasteiger partial charge in [0, 0.05) is 34.8 Å². The van der Waals surface area contributed by atoms with Crippen molar-refractivity contribution >= 4 is 28.2 Å². The molecule has 0 bridgehead atoms. The second-order valence-electron chi connectivity index (χ2n) is 4.40. The quantitative estimate of drug-likeness (QED) is 0.757. The van der Waals surface area contributed by atoms with Gasteiger partial charge in [-0.3, -0.25) is 4.79 Å². The van der Waals surface area contributed by atoms with E-state index in [9.17, 15) is 9.90 Å². The van der Waals surface area contributed by atoms with Crippen molar-refractivity contribution in [2.24, 2.45) is 0 Å². The fraction of sp³-hybridized carbons (Fsp3) is 0.636. The van der Waals surface area contributed by atoms with Gasteiger partial charge in [-0.25, -0.2) is 4.98 Å². The molecular formula is C11H20N4O3S. The fourth-order valence-corrected chi connectivity index (χ4v) is 2.38. The van der Waals surface area contributed by atoms with Gasteiger partial charge in [0.25, 0.3) is 5.91 Å². The molecule has 0 aliphatic heterocycles. The molecule has 0 radical (unpaired) electrons. The Bertz CT molecular complexity index is 436. The van der Waals surface area contributed by atoms with Crippen LogP contribution >= 0.6 is 11.3 Å². The van der Waals surface area contributed by atoms with Crippen molar-refractivity contribution in [2.45, 2.75) is 6.10 Å². The summed E-state index contributed by atoms with van der Waals surface area (Å²) < 4.78 is 4.82. The molecule has 7 nitrogen and oxygen atoms in total. The van der Waals surface area contributed by atoms with E-state index in [1.807, 2.05) is 14.1 Å². The van der Waals surface area contributed by atoms with Crippen LogP contribution in [0.25, 0.3) is 0 Å². The minimum Gasteiger partial charge on any atom is -0.389 e. The highest BCUT2D eigenvalue weighted by atomic mass is 32.1. The Morgan fingerprint density at radius 3 is 2.63 bits per heavy atom. The van der Waals surface area contributed by atoms with Crippen LogP contribution in [-0.2, 0) is 4.74 Å². The molecule has 1 heterocycles. The number of likely N-dealkylation sites (N-methyl/N-ethyl adjacent to an activating group) is 1. The van der Waals surface area contributed by atoms with E-state index in [1.165, 1.54) is 23.3 Å². The van der Waals surface area contributed by atoms with Crippen molar-refractivity contribution in [3.05, 3.63) is 4.88 Å². The Morgan fingerprint density at radius 1 is 1.53 bits per heavy atom. The number of ether oxygens (including phenoxy) is 1. The molecule has 0 fully saturated rings. The van der Waals surface area contributed by atoms with Crippen LogP contribution in [0.4, 0.5) is 10.9 Å². The summed E-state index contributed by atoms with van der Waals surface area (Å²) in [5, 5.41) is 10.3. The molecule has 1 aromatic heterocycles. The molecule has 108 valence electrons. The number of hydrogen-bond acceptors (Lipinski definition) is 7.